The molecule has 0 saturated carbocycles. The summed E-state index contributed by atoms with van der Waals surface area (Å²) in [5.41, 5.74) is 6.42. The van der Waals surface area contributed by atoms with E-state index in [-0.39, 0.29) is 0 Å². The molecule has 1 aromatic carbocycles. The van der Waals surface area contributed by atoms with Crippen molar-refractivity contribution in [1.29, 1.82) is 0 Å². The summed E-state index contributed by atoms with van der Waals surface area (Å²) in [6.07, 6.45) is 0. The molecule has 19 heavy (non-hydrogen) atoms. The van der Waals surface area contributed by atoms with Crippen LogP contribution in [0.2, 0.25) is 0 Å². The fourth-order valence-electron chi connectivity index (χ4n) is 2.49. The summed E-state index contributed by atoms with van der Waals surface area (Å²) in [4.78, 5) is 2.34. The molecule has 0 spiro atoms. The summed E-state index contributed by atoms with van der Waals surface area (Å²) in [5, 5.41) is 4.47. The molecule has 0 N–H and O–H groups in total. The van der Waals surface area contributed by atoms with Crippen molar-refractivity contribution in [1.82, 2.24) is 14.7 Å². The first-order valence-electron chi connectivity index (χ1n) is 6.70. The van der Waals surface area contributed by atoms with Crippen molar-refractivity contribution in [2.24, 2.45) is 7.05 Å². The quantitative estimate of drug-likeness (QED) is 0.839. The van der Waals surface area contributed by atoms with Crippen molar-refractivity contribution in [3.05, 3.63) is 52.3 Å². The molecule has 0 saturated heterocycles. The lowest BCUT2D eigenvalue weighted by atomic mass is 10.1. The first-order valence-corrected chi connectivity index (χ1v) is 6.70. The van der Waals surface area contributed by atoms with E-state index >= 15 is 0 Å². The molecule has 102 valence electrons. The number of aryl methyl sites for hydroxylation is 3. The van der Waals surface area contributed by atoms with Crippen LogP contribution in [0.5, 0.6) is 0 Å². The third-order valence-corrected chi connectivity index (χ3v) is 3.62. The average Bonchev–Trinajstić information content (AvgIpc) is 2.56. The minimum Gasteiger partial charge on any atom is -0.298 e. The van der Waals surface area contributed by atoms with Gasteiger partial charge >= 0.3 is 0 Å². The Balaban J connectivity index is 2.07. The molecule has 1 heterocycles. The predicted molar refractivity (Wildman–Crippen MR) is 79.0 cm³/mol. The first-order chi connectivity index (χ1) is 8.97. The Kier molecular flexibility index (Phi) is 4.05. The summed E-state index contributed by atoms with van der Waals surface area (Å²) in [6.45, 7) is 8.27. The Morgan fingerprint density at radius 1 is 1.16 bits per heavy atom. The molecule has 0 bridgehead atoms. The van der Waals surface area contributed by atoms with E-state index in [0.717, 1.165) is 18.8 Å². The van der Waals surface area contributed by atoms with E-state index in [1.54, 1.807) is 0 Å². The number of rotatable bonds is 4. The third-order valence-electron chi connectivity index (χ3n) is 3.62. The topological polar surface area (TPSA) is 21.1 Å². The Morgan fingerprint density at radius 2 is 1.89 bits per heavy atom. The maximum atomic E-state index is 4.47. The molecule has 2 aromatic rings. The molecule has 0 aliphatic heterocycles. The van der Waals surface area contributed by atoms with Gasteiger partial charge in [-0.25, -0.2) is 0 Å². The average molecular weight is 257 g/mol. The lowest BCUT2D eigenvalue weighted by Crippen LogP contribution is -2.18. The molecular weight excluding hydrogens is 234 g/mol. The van der Waals surface area contributed by atoms with Crippen LogP contribution in [-0.4, -0.2) is 21.7 Å². The van der Waals surface area contributed by atoms with Gasteiger partial charge in [-0.15, -0.1) is 0 Å². The van der Waals surface area contributed by atoms with Crippen LogP contribution in [0.4, 0.5) is 0 Å². The van der Waals surface area contributed by atoms with Gasteiger partial charge in [0.25, 0.3) is 0 Å². The van der Waals surface area contributed by atoms with Gasteiger partial charge in [0.1, 0.15) is 0 Å². The molecule has 3 nitrogen and oxygen atoms in total. The zero-order valence-corrected chi connectivity index (χ0v) is 12.6. The van der Waals surface area contributed by atoms with Crippen molar-refractivity contribution in [3.8, 4) is 0 Å². The first kappa shape index (κ1) is 13.8. The largest absolute Gasteiger partial charge is 0.298 e. The van der Waals surface area contributed by atoms with E-state index in [1.165, 1.54) is 22.4 Å². The van der Waals surface area contributed by atoms with Crippen LogP contribution in [0.3, 0.4) is 0 Å². The molecule has 0 radical (unpaired) electrons. The number of hydrogen-bond donors (Lipinski definition) is 0. The summed E-state index contributed by atoms with van der Waals surface area (Å²) in [5.74, 6) is 0. The van der Waals surface area contributed by atoms with Crippen molar-refractivity contribution in [2.75, 3.05) is 7.05 Å². The van der Waals surface area contributed by atoms with Gasteiger partial charge in [0, 0.05) is 31.4 Å². The van der Waals surface area contributed by atoms with Crippen LogP contribution < -0.4 is 0 Å². The molecule has 3 heteroatoms. The monoisotopic (exact) mass is 257 g/mol. The van der Waals surface area contributed by atoms with Crippen molar-refractivity contribution in [2.45, 2.75) is 33.9 Å². The fraction of sp³-hybridized carbons (Fsp3) is 0.438. The maximum absolute atomic E-state index is 4.47. The van der Waals surface area contributed by atoms with E-state index in [0.29, 0.717) is 0 Å². The van der Waals surface area contributed by atoms with E-state index in [9.17, 15) is 0 Å². The Morgan fingerprint density at radius 3 is 2.47 bits per heavy atom. The standard InChI is InChI=1S/C16H23N3/c1-12-7-6-8-15(9-12)10-18(4)11-16-13(2)17-19(5)14(16)3/h6-9H,10-11H2,1-5H3. The van der Waals surface area contributed by atoms with Crippen LogP contribution in [0.15, 0.2) is 24.3 Å². The van der Waals surface area contributed by atoms with E-state index in [4.69, 9.17) is 0 Å². The van der Waals surface area contributed by atoms with Gasteiger partial charge in [-0.2, -0.15) is 5.10 Å². The van der Waals surface area contributed by atoms with Gasteiger partial charge < -0.3 is 0 Å². The fourth-order valence-corrected chi connectivity index (χ4v) is 2.49. The van der Waals surface area contributed by atoms with Crippen molar-refractivity contribution >= 4 is 0 Å². The van der Waals surface area contributed by atoms with Crippen molar-refractivity contribution in [3.63, 3.8) is 0 Å². The SMILES string of the molecule is Cc1cccc(CN(C)Cc2c(C)nn(C)c2C)c1. The lowest BCUT2D eigenvalue weighted by Gasteiger charge is -2.17. The maximum Gasteiger partial charge on any atom is 0.0641 e. The van der Waals surface area contributed by atoms with Gasteiger partial charge in [-0.3, -0.25) is 9.58 Å². The predicted octanol–water partition coefficient (Wildman–Crippen LogP) is 2.98. The van der Waals surface area contributed by atoms with Gasteiger partial charge in [-0.05, 0) is 33.4 Å². The number of hydrogen-bond acceptors (Lipinski definition) is 2. The highest BCUT2D eigenvalue weighted by Crippen LogP contribution is 2.15. The number of nitrogens with zero attached hydrogens (tertiary/aromatic N) is 3. The second-order valence-electron chi connectivity index (χ2n) is 5.43. The van der Waals surface area contributed by atoms with Crippen LogP contribution in [0.25, 0.3) is 0 Å². The van der Waals surface area contributed by atoms with Gasteiger partial charge in [0.2, 0.25) is 0 Å². The minimum absolute atomic E-state index is 0.944. The molecule has 0 aliphatic carbocycles. The van der Waals surface area contributed by atoms with Crippen LogP contribution in [0.1, 0.15) is 28.1 Å². The lowest BCUT2D eigenvalue weighted by molar-refractivity contribution is 0.317. The van der Waals surface area contributed by atoms with E-state index < -0.39 is 0 Å². The summed E-state index contributed by atoms with van der Waals surface area (Å²) in [7, 11) is 4.17. The Bertz CT molecular complexity index is 569. The minimum atomic E-state index is 0.944. The molecule has 0 amide bonds. The van der Waals surface area contributed by atoms with Crippen LogP contribution in [-0.2, 0) is 20.1 Å². The highest BCUT2D eigenvalue weighted by atomic mass is 15.3. The zero-order valence-electron chi connectivity index (χ0n) is 12.6. The summed E-state index contributed by atoms with van der Waals surface area (Å²) in [6, 6.07) is 8.70. The number of aromatic nitrogens is 2. The van der Waals surface area contributed by atoms with Crippen molar-refractivity contribution < 1.29 is 0 Å². The second-order valence-corrected chi connectivity index (χ2v) is 5.43. The molecular formula is C16H23N3. The molecule has 0 atom stereocenters. The molecule has 0 fully saturated rings. The van der Waals surface area contributed by atoms with Crippen LogP contribution in [0, 0.1) is 20.8 Å². The normalized spacial score (nSPS) is 11.3. The summed E-state index contributed by atoms with van der Waals surface area (Å²) >= 11 is 0. The molecule has 0 unspecified atom stereocenters. The zero-order chi connectivity index (χ0) is 14.0. The highest BCUT2D eigenvalue weighted by Gasteiger charge is 2.11. The van der Waals surface area contributed by atoms with Gasteiger partial charge in [-0.1, -0.05) is 29.8 Å². The molecule has 0 aliphatic rings. The Labute approximate surface area is 115 Å². The second kappa shape index (κ2) is 5.57. The molecule has 2 rings (SSSR count). The van der Waals surface area contributed by atoms with Gasteiger partial charge in [0.05, 0.1) is 5.69 Å². The smallest absolute Gasteiger partial charge is 0.0641 e. The third kappa shape index (κ3) is 3.24. The molecule has 1 aromatic heterocycles. The Hall–Kier alpha value is -1.61. The highest BCUT2D eigenvalue weighted by molar-refractivity contribution is 5.25. The number of benzene rings is 1. The van der Waals surface area contributed by atoms with E-state index in [1.807, 2.05) is 11.7 Å². The summed E-state index contributed by atoms with van der Waals surface area (Å²) < 4.78 is 1.96. The van der Waals surface area contributed by atoms with Gasteiger partial charge in [0.15, 0.2) is 0 Å². The van der Waals surface area contributed by atoms with Crippen LogP contribution >= 0.6 is 0 Å². The van der Waals surface area contributed by atoms with E-state index in [2.05, 4.69) is 62.1 Å².